The Kier molecular flexibility index (Phi) is 7.85. The van der Waals surface area contributed by atoms with Crippen molar-refractivity contribution >= 4 is 49.8 Å². The Morgan fingerprint density at radius 2 is 0.759 bits per heavy atom. The summed E-state index contributed by atoms with van der Waals surface area (Å²) < 4.78 is 6.53. The van der Waals surface area contributed by atoms with Crippen molar-refractivity contribution in [1.29, 1.82) is 0 Å². The minimum absolute atomic E-state index is 0.887. The number of hydrogen-bond donors (Lipinski definition) is 0. The fourth-order valence-electron chi connectivity index (χ4n) is 7.89. The van der Waals surface area contributed by atoms with Crippen LogP contribution in [-0.2, 0) is 0 Å². The first-order valence-electron chi connectivity index (χ1n) is 18.4. The highest BCUT2D eigenvalue weighted by molar-refractivity contribution is 6.15. The largest absolute Gasteiger partial charge is 0.455 e. The summed E-state index contributed by atoms with van der Waals surface area (Å²) in [5.74, 6) is 0. The van der Waals surface area contributed by atoms with Gasteiger partial charge < -0.3 is 9.32 Å². The molecule has 0 N–H and O–H groups in total. The zero-order chi connectivity index (χ0) is 35.8. The van der Waals surface area contributed by atoms with Crippen molar-refractivity contribution in [2.24, 2.45) is 0 Å². The summed E-state index contributed by atoms with van der Waals surface area (Å²) in [4.78, 5) is 2.45. The van der Waals surface area contributed by atoms with Gasteiger partial charge in [-0.05, 0) is 69.6 Å². The first-order chi connectivity index (χ1) is 26.8. The van der Waals surface area contributed by atoms with Gasteiger partial charge in [-0.3, -0.25) is 0 Å². The molecule has 0 saturated carbocycles. The van der Waals surface area contributed by atoms with Crippen LogP contribution in [0.5, 0.6) is 0 Å². The Morgan fingerprint density at radius 1 is 0.296 bits per heavy atom. The van der Waals surface area contributed by atoms with E-state index in [0.29, 0.717) is 0 Å². The van der Waals surface area contributed by atoms with Crippen LogP contribution in [0.1, 0.15) is 0 Å². The fourth-order valence-corrected chi connectivity index (χ4v) is 7.89. The average Bonchev–Trinajstić information content (AvgIpc) is 3.64. The highest BCUT2D eigenvalue weighted by Gasteiger charge is 2.23. The Balaban J connectivity index is 1.18. The summed E-state index contributed by atoms with van der Waals surface area (Å²) in [6.45, 7) is 0. The molecule has 9 aromatic carbocycles. The number of nitrogens with zero attached hydrogens (tertiary/aromatic N) is 1. The van der Waals surface area contributed by atoms with E-state index in [1.165, 1.54) is 22.1 Å². The first kappa shape index (κ1) is 31.6. The smallest absolute Gasteiger partial charge is 0.143 e. The van der Waals surface area contributed by atoms with E-state index in [1.807, 2.05) is 0 Å². The molecule has 2 heteroatoms. The monoisotopic (exact) mass is 689 g/mol. The molecule has 2 nitrogen and oxygen atoms in total. The molecule has 0 aliphatic carbocycles. The number of fused-ring (bicyclic) bond motifs is 5. The Labute approximate surface area is 314 Å². The number of anilines is 3. The van der Waals surface area contributed by atoms with Crippen molar-refractivity contribution in [3.63, 3.8) is 0 Å². The molecule has 10 aromatic rings. The van der Waals surface area contributed by atoms with Gasteiger partial charge in [0.1, 0.15) is 11.2 Å². The molecule has 0 saturated heterocycles. The molecule has 0 aliphatic rings. The second-order valence-corrected chi connectivity index (χ2v) is 13.7. The first-order valence-corrected chi connectivity index (χ1v) is 18.4. The maximum atomic E-state index is 6.53. The third-order valence-corrected chi connectivity index (χ3v) is 10.5. The Bertz CT molecular complexity index is 2920. The van der Waals surface area contributed by atoms with Gasteiger partial charge in [-0.1, -0.05) is 176 Å². The van der Waals surface area contributed by atoms with Gasteiger partial charge >= 0.3 is 0 Å². The number of rotatable bonds is 7. The summed E-state index contributed by atoms with van der Waals surface area (Å²) in [5.41, 5.74) is 14.4. The molecule has 1 aromatic heterocycles. The second kappa shape index (κ2) is 13.4. The zero-order valence-corrected chi connectivity index (χ0v) is 29.6. The third-order valence-electron chi connectivity index (χ3n) is 10.5. The van der Waals surface area contributed by atoms with Gasteiger partial charge in [0.15, 0.2) is 0 Å². The van der Waals surface area contributed by atoms with Crippen molar-refractivity contribution in [2.75, 3.05) is 4.90 Å². The SMILES string of the molecule is c1ccc(-c2ccc(-c3ccccc3N(c3ccccc3-c3ccccc3)c3ccccc3-c3ccc4oc5c6ccccc6ccc5c4c3)cc2)cc1. The maximum Gasteiger partial charge on any atom is 0.143 e. The van der Waals surface area contributed by atoms with Crippen molar-refractivity contribution in [3.05, 3.63) is 212 Å². The number of furan rings is 1. The van der Waals surface area contributed by atoms with Crippen LogP contribution in [0, 0.1) is 0 Å². The van der Waals surface area contributed by atoms with Crippen molar-refractivity contribution < 1.29 is 4.42 Å². The van der Waals surface area contributed by atoms with E-state index in [9.17, 15) is 0 Å². The van der Waals surface area contributed by atoms with Crippen LogP contribution in [0.4, 0.5) is 17.1 Å². The summed E-state index contributed by atoms with van der Waals surface area (Å²) in [6, 6.07) is 75.9. The lowest BCUT2D eigenvalue weighted by Crippen LogP contribution is -2.13. The minimum atomic E-state index is 0.887. The van der Waals surface area contributed by atoms with E-state index < -0.39 is 0 Å². The van der Waals surface area contributed by atoms with Crippen LogP contribution in [0.2, 0.25) is 0 Å². The van der Waals surface area contributed by atoms with E-state index >= 15 is 0 Å². The van der Waals surface area contributed by atoms with Crippen LogP contribution >= 0.6 is 0 Å². The van der Waals surface area contributed by atoms with E-state index in [0.717, 1.165) is 72.2 Å². The average molecular weight is 690 g/mol. The van der Waals surface area contributed by atoms with Crippen LogP contribution in [0.15, 0.2) is 217 Å². The molecule has 254 valence electrons. The second-order valence-electron chi connectivity index (χ2n) is 13.7. The summed E-state index contributed by atoms with van der Waals surface area (Å²) in [7, 11) is 0. The lowest BCUT2D eigenvalue weighted by Gasteiger charge is -2.31. The quantitative estimate of drug-likeness (QED) is 0.166. The molecule has 0 fully saturated rings. The van der Waals surface area contributed by atoms with E-state index in [2.05, 4.69) is 217 Å². The molecule has 0 aliphatic heterocycles. The molecule has 0 atom stereocenters. The molecule has 0 bridgehead atoms. The van der Waals surface area contributed by atoms with Gasteiger partial charge in [0.05, 0.1) is 17.1 Å². The molecule has 0 unspecified atom stereocenters. The molecular formula is C52H35NO. The lowest BCUT2D eigenvalue weighted by atomic mass is 9.95. The molecule has 0 radical (unpaired) electrons. The normalized spacial score (nSPS) is 11.3. The highest BCUT2D eigenvalue weighted by atomic mass is 16.3. The summed E-state index contributed by atoms with van der Waals surface area (Å²) in [6.07, 6.45) is 0. The summed E-state index contributed by atoms with van der Waals surface area (Å²) >= 11 is 0. The molecule has 1 heterocycles. The van der Waals surface area contributed by atoms with Crippen LogP contribution in [-0.4, -0.2) is 0 Å². The zero-order valence-electron chi connectivity index (χ0n) is 29.6. The lowest BCUT2D eigenvalue weighted by molar-refractivity contribution is 0.672. The predicted octanol–water partition coefficient (Wildman–Crippen LogP) is 14.9. The van der Waals surface area contributed by atoms with Gasteiger partial charge in [0.2, 0.25) is 0 Å². The molecule has 0 spiro atoms. The topological polar surface area (TPSA) is 16.4 Å². The van der Waals surface area contributed by atoms with Crippen LogP contribution in [0.25, 0.3) is 77.2 Å². The van der Waals surface area contributed by atoms with Gasteiger partial charge in [0, 0.05) is 32.8 Å². The van der Waals surface area contributed by atoms with E-state index in [1.54, 1.807) is 0 Å². The highest BCUT2D eigenvalue weighted by Crippen LogP contribution is 2.48. The van der Waals surface area contributed by atoms with Gasteiger partial charge in [-0.15, -0.1) is 0 Å². The number of para-hydroxylation sites is 3. The van der Waals surface area contributed by atoms with E-state index in [-0.39, 0.29) is 0 Å². The van der Waals surface area contributed by atoms with Gasteiger partial charge in [0.25, 0.3) is 0 Å². The Morgan fingerprint density at radius 3 is 1.41 bits per heavy atom. The number of benzene rings is 9. The minimum Gasteiger partial charge on any atom is -0.455 e. The molecular weight excluding hydrogens is 655 g/mol. The van der Waals surface area contributed by atoms with E-state index in [4.69, 9.17) is 4.42 Å². The summed E-state index contributed by atoms with van der Waals surface area (Å²) in [5, 5.41) is 4.54. The predicted molar refractivity (Wildman–Crippen MR) is 228 cm³/mol. The van der Waals surface area contributed by atoms with Crippen LogP contribution < -0.4 is 4.90 Å². The van der Waals surface area contributed by atoms with Crippen LogP contribution in [0.3, 0.4) is 0 Å². The van der Waals surface area contributed by atoms with Crippen molar-refractivity contribution in [1.82, 2.24) is 0 Å². The van der Waals surface area contributed by atoms with Gasteiger partial charge in [-0.25, -0.2) is 0 Å². The fraction of sp³-hybridized carbons (Fsp3) is 0. The maximum absolute atomic E-state index is 6.53. The molecule has 54 heavy (non-hydrogen) atoms. The molecule has 0 amide bonds. The van der Waals surface area contributed by atoms with Gasteiger partial charge in [-0.2, -0.15) is 0 Å². The van der Waals surface area contributed by atoms with Crippen molar-refractivity contribution in [3.8, 4) is 44.5 Å². The molecule has 10 rings (SSSR count). The number of hydrogen-bond acceptors (Lipinski definition) is 2. The Hall–Kier alpha value is -7.16. The standard InChI is InChI=1S/C52H35NO/c1-3-15-36(16-4-1)37-27-29-40(30-28-37)43-21-10-13-25-49(43)53(48-24-12-9-20-42(48)38-17-5-2-6-18-38)50-26-14-11-22-44(50)41-32-34-51-47(35-41)46-33-31-39-19-7-8-23-45(39)52(46)54-51/h1-35H. The van der Waals surface area contributed by atoms with Crippen molar-refractivity contribution in [2.45, 2.75) is 0 Å². The third kappa shape index (κ3) is 5.53.